The first-order chi connectivity index (χ1) is 23.3. The van der Waals surface area contributed by atoms with E-state index in [9.17, 15) is 22.6 Å². The van der Waals surface area contributed by atoms with Crippen LogP contribution in [0.15, 0.2) is 130 Å². The molecule has 0 aliphatic rings. The van der Waals surface area contributed by atoms with Crippen molar-refractivity contribution in [2.45, 2.75) is 24.5 Å². The summed E-state index contributed by atoms with van der Waals surface area (Å²) in [7, 11) is -4.93. The van der Waals surface area contributed by atoms with E-state index in [1.165, 1.54) is 0 Å². The van der Waals surface area contributed by atoms with Crippen LogP contribution >= 0.6 is 0 Å². The number of hydrogen-bond donors (Lipinski definition) is 1. The molecule has 0 saturated heterocycles. The van der Waals surface area contributed by atoms with Crippen LogP contribution in [0.3, 0.4) is 0 Å². The Hall–Kier alpha value is -5.47. The van der Waals surface area contributed by atoms with Crippen LogP contribution in [0.1, 0.15) is 19.3 Å². The molecule has 250 valence electrons. The number of ether oxygens (including phenoxy) is 4. The fourth-order valence-corrected chi connectivity index (χ4v) is 4.57. The highest BCUT2D eigenvalue weighted by atomic mass is 32.2. The fraction of sp³-hybridized carbons (Fsp3) is 0.235. The van der Waals surface area contributed by atoms with Gasteiger partial charge in [0.05, 0.1) is 55.6 Å². The van der Waals surface area contributed by atoms with Crippen molar-refractivity contribution in [1.82, 2.24) is 0 Å². The molecule has 14 heteroatoms. The van der Waals surface area contributed by atoms with E-state index in [1.807, 2.05) is 60.7 Å². The van der Waals surface area contributed by atoms with Crippen LogP contribution < -0.4 is 9.47 Å². The Morgan fingerprint density at radius 3 is 1.38 bits per heavy atom. The fourth-order valence-electron chi connectivity index (χ4n) is 3.91. The molecule has 1 atom stereocenters. The lowest BCUT2D eigenvalue weighted by Gasteiger charge is -2.13. The van der Waals surface area contributed by atoms with E-state index < -0.39 is 33.7 Å². The molecule has 0 bridgehead atoms. The van der Waals surface area contributed by atoms with Crippen molar-refractivity contribution in [2.75, 3.05) is 26.4 Å². The summed E-state index contributed by atoms with van der Waals surface area (Å²) in [4.78, 5) is 24.6. The van der Waals surface area contributed by atoms with E-state index in [2.05, 4.69) is 20.5 Å². The number of esters is 2. The summed E-state index contributed by atoms with van der Waals surface area (Å²) in [6.45, 7) is 0.0665. The molecule has 0 fully saturated rings. The molecule has 4 rings (SSSR count). The predicted octanol–water partition coefficient (Wildman–Crippen LogP) is 7.49. The van der Waals surface area contributed by atoms with Gasteiger partial charge in [-0.05, 0) is 72.8 Å². The summed E-state index contributed by atoms with van der Waals surface area (Å²) < 4.78 is 54.3. The van der Waals surface area contributed by atoms with Gasteiger partial charge in [0.15, 0.2) is 5.25 Å². The van der Waals surface area contributed by atoms with Gasteiger partial charge in [0.25, 0.3) is 10.1 Å². The maximum atomic E-state index is 12.4. The number of nitrogens with zero attached hydrogens (tertiary/aromatic N) is 4. The van der Waals surface area contributed by atoms with Crippen molar-refractivity contribution in [2.24, 2.45) is 20.5 Å². The molecule has 4 aromatic carbocycles. The van der Waals surface area contributed by atoms with Crippen molar-refractivity contribution in [3.63, 3.8) is 0 Å². The molecule has 0 amide bonds. The van der Waals surface area contributed by atoms with Gasteiger partial charge in [0.2, 0.25) is 0 Å². The minimum Gasteiger partial charge on any atom is -0.493 e. The minimum absolute atomic E-state index is 0.0936. The summed E-state index contributed by atoms with van der Waals surface area (Å²) >= 11 is 0. The van der Waals surface area contributed by atoms with Crippen LogP contribution in [0.25, 0.3) is 0 Å². The second-order valence-corrected chi connectivity index (χ2v) is 11.7. The van der Waals surface area contributed by atoms with Gasteiger partial charge in [-0.3, -0.25) is 14.1 Å². The average Bonchev–Trinajstić information content (AvgIpc) is 3.10. The summed E-state index contributed by atoms with van der Waals surface area (Å²) in [5.74, 6) is -1.14. The number of carbonyl (C=O) groups is 2. The smallest absolute Gasteiger partial charge is 0.327 e. The standard InChI is InChI=1S/C34H34N4O9S/c39-33(46-23-7-21-44-30-17-13-28(14-18-30)37-35-26-9-3-1-4-10-26)25-32(48(41,42)43)34(40)47-24-8-22-45-31-19-15-29(16-20-31)38-36-27-11-5-2-6-12-27/h1-6,9-20,32H,7-8,21-25H2,(H,41,42,43). The van der Waals surface area contributed by atoms with Crippen LogP contribution in [0.2, 0.25) is 0 Å². The van der Waals surface area contributed by atoms with Gasteiger partial charge < -0.3 is 18.9 Å². The third-order valence-corrected chi connectivity index (χ3v) is 7.42. The van der Waals surface area contributed by atoms with Crippen LogP contribution in [0.4, 0.5) is 22.7 Å². The third kappa shape index (κ3) is 12.7. The highest BCUT2D eigenvalue weighted by molar-refractivity contribution is 7.87. The Kier molecular flexibility index (Phi) is 13.7. The lowest BCUT2D eigenvalue weighted by Crippen LogP contribution is -2.34. The first-order valence-electron chi connectivity index (χ1n) is 14.9. The van der Waals surface area contributed by atoms with Crippen LogP contribution in [-0.2, 0) is 29.2 Å². The van der Waals surface area contributed by atoms with E-state index in [0.717, 1.165) is 11.4 Å². The minimum atomic E-state index is -4.93. The first-order valence-corrected chi connectivity index (χ1v) is 16.4. The van der Waals surface area contributed by atoms with E-state index in [-0.39, 0.29) is 32.8 Å². The maximum absolute atomic E-state index is 12.4. The lowest BCUT2D eigenvalue weighted by molar-refractivity contribution is -0.150. The molecule has 4 aromatic rings. The van der Waals surface area contributed by atoms with Gasteiger partial charge >= 0.3 is 11.9 Å². The quantitative estimate of drug-likeness (QED) is 0.0485. The Morgan fingerprint density at radius 1 is 0.562 bits per heavy atom. The molecule has 1 N–H and O–H groups in total. The lowest BCUT2D eigenvalue weighted by atomic mass is 10.3. The highest BCUT2D eigenvalue weighted by Gasteiger charge is 2.35. The number of benzene rings is 4. The molecule has 1 unspecified atom stereocenters. The van der Waals surface area contributed by atoms with Crippen molar-refractivity contribution in [1.29, 1.82) is 0 Å². The number of carbonyl (C=O) groups excluding carboxylic acids is 2. The second-order valence-electron chi connectivity index (χ2n) is 10.1. The Labute approximate surface area is 278 Å². The van der Waals surface area contributed by atoms with Gasteiger partial charge in [-0.15, -0.1) is 0 Å². The summed E-state index contributed by atoms with van der Waals surface area (Å²) in [6, 6.07) is 32.4. The molecular formula is C34H34N4O9S. The zero-order valence-electron chi connectivity index (χ0n) is 25.8. The molecule has 0 aliphatic carbocycles. The first kappa shape index (κ1) is 35.4. The van der Waals surface area contributed by atoms with Crippen LogP contribution in [-0.4, -0.2) is 56.6 Å². The van der Waals surface area contributed by atoms with Gasteiger partial charge in [-0.2, -0.15) is 28.9 Å². The van der Waals surface area contributed by atoms with Gasteiger partial charge in [0, 0.05) is 12.8 Å². The van der Waals surface area contributed by atoms with E-state index in [4.69, 9.17) is 18.9 Å². The Balaban J connectivity index is 1.10. The summed E-state index contributed by atoms with van der Waals surface area (Å²) in [5, 5.41) is 14.5. The number of azo groups is 2. The molecule has 13 nitrogen and oxygen atoms in total. The zero-order valence-corrected chi connectivity index (χ0v) is 26.6. The number of hydrogen-bond acceptors (Lipinski definition) is 12. The average molecular weight is 675 g/mol. The molecule has 0 saturated carbocycles. The topological polar surface area (TPSA) is 175 Å². The van der Waals surface area contributed by atoms with Crippen LogP contribution in [0.5, 0.6) is 11.5 Å². The van der Waals surface area contributed by atoms with Crippen LogP contribution in [0, 0.1) is 0 Å². The summed E-state index contributed by atoms with van der Waals surface area (Å²) in [6.07, 6.45) is -0.380. The SMILES string of the molecule is O=C(CC(C(=O)OCCCOc1ccc(N=Nc2ccccc2)cc1)S(=O)(=O)O)OCCCOc1ccc(N=Nc2ccccc2)cc1. The molecule has 0 heterocycles. The molecular weight excluding hydrogens is 640 g/mol. The Bertz CT molecular complexity index is 1750. The van der Waals surface area contributed by atoms with Crippen molar-refractivity contribution < 1.29 is 41.5 Å². The normalized spacial score (nSPS) is 12.1. The Morgan fingerprint density at radius 2 is 0.958 bits per heavy atom. The second kappa shape index (κ2) is 18.6. The molecule has 0 spiro atoms. The van der Waals surface area contributed by atoms with Gasteiger partial charge in [0.1, 0.15) is 11.5 Å². The van der Waals surface area contributed by atoms with Gasteiger partial charge in [-0.1, -0.05) is 36.4 Å². The van der Waals surface area contributed by atoms with Crippen molar-refractivity contribution in [3.05, 3.63) is 109 Å². The van der Waals surface area contributed by atoms with E-state index in [1.54, 1.807) is 48.5 Å². The molecule has 0 aliphatic heterocycles. The van der Waals surface area contributed by atoms with E-state index in [0.29, 0.717) is 29.3 Å². The molecule has 0 radical (unpaired) electrons. The van der Waals surface area contributed by atoms with Gasteiger partial charge in [-0.25, -0.2) is 0 Å². The molecule has 0 aromatic heterocycles. The third-order valence-electron chi connectivity index (χ3n) is 6.34. The van der Waals surface area contributed by atoms with Crippen molar-refractivity contribution in [3.8, 4) is 11.5 Å². The molecule has 48 heavy (non-hydrogen) atoms. The monoisotopic (exact) mass is 674 g/mol. The van der Waals surface area contributed by atoms with Crippen molar-refractivity contribution >= 4 is 44.8 Å². The largest absolute Gasteiger partial charge is 0.493 e. The van der Waals surface area contributed by atoms with E-state index >= 15 is 0 Å². The number of rotatable bonds is 18. The highest BCUT2D eigenvalue weighted by Crippen LogP contribution is 2.22. The maximum Gasteiger partial charge on any atom is 0.327 e. The summed E-state index contributed by atoms with van der Waals surface area (Å²) in [5.41, 5.74) is 2.74. The predicted molar refractivity (Wildman–Crippen MR) is 176 cm³/mol. The zero-order chi connectivity index (χ0) is 34.0.